The number of nitrogens with two attached hydrogens (primary N) is 4. The van der Waals surface area contributed by atoms with Gasteiger partial charge in [-0.2, -0.15) is 0 Å². The van der Waals surface area contributed by atoms with Crippen LogP contribution < -0.4 is 45.1 Å². The lowest BCUT2D eigenvalue weighted by Crippen LogP contribution is -2.44. The first-order valence-electron chi connectivity index (χ1n) is 4.87. The van der Waals surface area contributed by atoms with E-state index in [0.29, 0.717) is 11.4 Å². The van der Waals surface area contributed by atoms with Crippen LogP contribution in [0.4, 0.5) is 11.4 Å². The van der Waals surface area contributed by atoms with Crippen LogP contribution in [-0.2, 0) is 0 Å². The van der Waals surface area contributed by atoms with Gasteiger partial charge in [0.25, 0.3) is 0 Å². The predicted molar refractivity (Wildman–Crippen MR) is 69.9 cm³/mol. The molecule has 10 heteroatoms. The van der Waals surface area contributed by atoms with Crippen LogP contribution in [0.5, 0.6) is 0 Å². The Morgan fingerprint density at radius 1 is 0.778 bits per heavy atom. The monoisotopic (exact) mass is 252 g/mol. The lowest BCUT2D eigenvalue weighted by molar-refractivity contribution is 0.895. The van der Waals surface area contributed by atoms with E-state index < -0.39 is 0 Å². The number of aliphatic imine (C=N–C) groups is 2. The lowest BCUT2D eigenvalue weighted by atomic mass is 10.3. The van der Waals surface area contributed by atoms with E-state index in [9.17, 15) is 0 Å². The number of nitrogens with one attached hydrogen (secondary N) is 4. The van der Waals surface area contributed by atoms with E-state index in [1.165, 1.54) is 0 Å². The number of hydrazine groups is 4. The zero-order valence-corrected chi connectivity index (χ0v) is 9.51. The van der Waals surface area contributed by atoms with Crippen LogP contribution in [0.1, 0.15) is 0 Å². The number of guanidine groups is 2. The van der Waals surface area contributed by atoms with Crippen molar-refractivity contribution in [3.8, 4) is 0 Å². The fourth-order valence-corrected chi connectivity index (χ4v) is 1.10. The number of hydrogen-bond donors (Lipinski definition) is 8. The summed E-state index contributed by atoms with van der Waals surface area (Å²) in [6.07, 6.45) is 0. The van der Waals surface area contributed by atoms with Gasteiger partial charge in [0.05, 0.1) is 11.4 Å². The average molecular weight is 252 g/mol. The van der Waals surface area contributed by atoms with Gasteiger partial charge in [0.2, 0.25) is 11.9 Å². The van der Waals surface area contributed by atoms with Gasteiger partial charge >= 0.3 is 0 Å². The summed E-state index contributed by atoms with van der Waals surface area (Å²) in [6.45, 7) is 0. The Hall–Kier alpha value is -2.40. The van der Waals surface area contributed by atoms with Crippen molar-refractivity contribution in [2.75, 3.05) is 0 Å². The van der Waals surface area contributed by atoms with Gasteiger partial charge in [-0.05, 0) is 18.2 Å². The summed E-state index contributed by atoms with van der Waals surface area (Å²) in [4.78, 5) is 8.17. The minimum Gasteiger partial charge on any atom is -0.293 e. The standard InChI is InChI=1S/C8H16N10/c9-15-7(16-10)13-5-2-1-3-6(4-5)14-8(17-11)18-12/h1-4H,9-12H2,(H2,13,15,16)(H2,14,17,18). The average Bonchev–Trinajstić information content (AvgIpc) is 2.42. The molecule has 1 aromatic carbocycles. The van der Waals surface area contributed by atoms with Gasteiger partial charge in [0.15, 0.2) is 0 Å². The Balaban J connectivity index is 2.99. The summed E-state index contributed by atoms with van der Waals surface area (Å²) < 4.78 is 0. The second-order valence-electron chi connectivity index (χ2n) is 3.02. The van der Waals surface area contributed by atoms with Gasteiger partial charge in [-0.3, -0.25) is 21.7 Å². The van der Waals surface area contributed by atoms with Crippen molar-refractivity contribution in [1.29, 1.82) is 0 Å². The van der Waals surface area contributed by atoms with E-state index in [1.807, 2.05) is 0 Å². The summed E-state index contributed by atoms with van der Waals surface area (Å²) in [5, 5.41) is 0. The minimum absolute atomic E-state index is 0.213. The third kappa shape index (κ3) is 3.88. The van der Waals surface area contributed by atoms with E-state index in [2.05, 4.69) is 31.7 Å². The number of benzene rings is 1. The molecule has 18 heavy (non-hydrogen) atoms. The fourth-order valence-electron chi connectivity index (χ4n) is 1.10. The Kier molecular flexibility index (Phi) is 5.34. The molecule has 98 valence electrons. The molecule has 0 aliphatic heterocycles. The van der Waals surface area contributed by atoms with E-state index in [1.54, 1.807) is 24.3 Å². The Labute approximate surface area is 103 Å². The van der Waals surface area contributed by atoms with Crippen LogP contribution in [0.2, 0.25) is 0 Å². The summed E-state index contributed by atoms with van der Waals surface area (Å²) in [6, 6.07) is 6.94. The molecule has 0 saturated heterocycles. The summed E-state index contributed by atoms with van der Waals surface area (Å²) in [7, 11) is 0. The highest BCUT2D eigenvalue weighted by atomic mass is 15.4. The molecule has 10 nitrogen and oxygen atoms in total. The van der Waals surface area contributed by atoms with Crippen LogP contribution >= 0.6 is 0 Å². The zero-order valence-electron chi connectivity index (χ0n) is 9.51. The molecule has 1 rings (SSSR count). The van der Waals surface area contributed by atoms with E-state index >= 15 is 0 Å². The van der Waals surface area contributed by atoms with Crippen LogP contribution in [-0.4, -0.2) is 11.9 Å². The number of hydrogen-bond acceptors (Lipinski definition) is 6. The van der Waals surface area contributed by atoms with E-state index in [0.717, 1.165) is 0 Å². The third-order valence-electron chi connectivity index (χ3n) is 1.86. The van der Waals surface area contributed by atoms with E-state index in [4.69, 9.17) is 23.4 Å². The van der Waals surface area contributed by atoms with E-state index in [-0.39, 0.29) is 11.9 Å². The first-order valence-corrected chi connectivity index (χ1v) is 4.87. The molecule has 0 aliphatic carbocycles. The largest absolute Gasteiger partial charge is 0.293 e. The van der Waals surface area contributed by atoms with Crippen molar-refractivity contribution in [3.63, 3.8) is 0 Å². The number of nitrogens with zero attached hydrogens (tertiary/aromatic N) is 2. The SMILES string of the molecule is NNC(=Nc1cccc(N=C(NN)NN)c1)NN. The molecule has 0 fully saturated rings. The molecule has 0 bridgehead atoms. The van der Waals surface area contributed by atoms with Crippen molar-refractivity contribution < 1.29 is 0 Å². The molecule has 0 aliphatic rings. The van der Waals surface area contributed by atoms with Crippen molar-refractivity contribution in [3.05, 3.63) is 24.3 Å². The second kappa shape index (κ2) is 7.03. The molecule has 0 aromatic heterocycles. The summed E-state index contributed by atoms with van der Waals surface area (Å²) in [5.41, 5.74) is 10.4. The van der Waals surface area contributed by atoms with Crippen LogP contribution in [0.3, 0.4) is 0 Å². The van der Waals surface area contributed by atoms with Gasteiger partial charge in [0.1, 0.15) is 0 Å². The van der Waals surface area contributed by atoms with Crippen LogP contribution in [0.15, 0.2) is 34.3 Å². The fraction of sp³-hybridized carbons (Fsp3) is 0. The summed E-state index contributed by atoms with van der Waals surface area (Å²) >= 11 is 0. The topological polar surface area (TPSA) is 177 Å². The van der Waals surface area contributed by atoms with Gasteiger partial charge in [-0.15, -0.1) is 0 Å². The quantitative estimate of drug-likeness (QED) is 0.123. The first-order chi connectivity index (χ1) is 8.73. The molecule has 0 radical (unpaired) electrons. The third-order valence-corrected chi connectivity index (χ3v) is 1.86. The van der Waals surface area contributed by atoms with Crippen LogP contribution in [0.25, 0.3) is 0 Å². The normalized spacial score (nSPS) is 9.11. The molecule has 0 spiro atoms. The Morgan fingerprint density at radius 2 is 1.17 bits per heavy atom. The molecule has 1 aromatic rings. The molecule has 0 amide bonds. The van der Waals surface area contributed by atoms with Gasteiger partial charge < -0.3 is 0 Å². The Morgan fingerprint density at radius 3 is 1.50 bits per heavy atom. The minimum atomic E-state index is 0.213. The highest BCUT2D eigenvalue weighted by Crippen LogP contribution is 2.20. The lowest BCUT2D eigenvalue weighted by Gasteiger charge is -2.05. The van der Waals surface area contributed by atoms with Crippen LogP contribution in [0, 0.1) is 0 Å². The van der Waals surface area contributed by atoms with Gasteiger partial charge in [-0.25, -0.2) is 33.4 Å². The van der Waals surface area contributed by atoms with Gasteiger partial charge in [-0.1, -0.05) is 6.07 Å². The Bertz CT molecular complexity index is 390. The van der Waals surface area contributed by atoms with Crippen molar-refractivity contribution >= 4 is 23.3 Å². The predicted octanol–water partition coefficient (Wildman–Crippen LogP) is -2.49. The van der Waals surface area contributed by atoms with Crippen molar-refractivity contribution in [1.82, 2.24) is 21.7 Å². The maximum Gasteiger partial charge on any atom is 0.225 e. The highest BCUT2D eigenvalue weighted by molar-refractivity contribution is 5.83. The smallest absolute Gasteiger partial charge is 0.225 e. The molecule has 0 heterocycles. The number of rotatable bonds is 2. The first kappa shape index (κ1) is 13.7. The highest BCUT2D eigenvalue weighted by Gasteiger charge is 1.98. The summed E-state index contributed by atoms with van der Waals surface area (Å²) in [5.74, 6) is 21.2. The van der Waals surface area contributed by atoms with Gasteiger partial charge in [0, 0.05) is 0 Å². The van der Waals surface area contributed by atoms with Crippen molar-refractivity contribution in [2.24, 2.45) is 33.4 Å². The maximum absolute atomic E-state index is 5.19. The molecule has 0 unspecified atom stereocenters. The molecule has 0 atom stereocenters. The molecular formula is C8H16N10. The zero-order chi connectivity index (χ0) is 13.4. The molecule has 12 N–H and O–H groups in total. The van der Waals surface area contributed by atoms with Crippen molar-refractivity contribution in [2.45, 2.75) is 0 Å². The molecular weight excluding hydrogens is 236 g/mol. The maximum atomic E-state index is 5.19. The molecule has 0 saturated carbocycles. The second-order valence-corrected chi connectivity index (χ2v) is 3.02.